The lowest BCUT2D eigenvalue weighted by Crippen LogP contribution is -2.11. The summed E-state index contributed by atoms with van der Waals surface area (Å²) in [5.74, 6) is 0. The Bertz CT molecular complexity index is 518. The van der Waals surface area contributed by atoms with E-state index in [-0.39, 0.29) is 5.65 Å². The van der Waals surface area contributed by atoms with Crippen LogP contribution in [0.2, 0.25) is 0 Å². The first-order chi connectivity index (χ1) is 8.00. The zero-order valence-corrected chi connectivity index (χ0v) is 9.12. The Morgan fingerprint density at radius 1 is 1.41 bits per heavy atom. The summed E-state index contributed by atoms with van der Waals surface area (Å²) in [6.45, 7) is 0.737. The summed E-state index contributed by atoms with van der Waals surface area (Å²) < 4.78 is 38.4. The Hall–Kier alpha value is -1.63. The number of aromatic nitrogens is 3. The maximum Gasteiger partial charge on any atom is 0.435 e. The minimum atomic E-state index is -4.43. The first-order valence-electron chi connectivity index (χ1n) is 5.07. The second-order valence-corrected chi connectivity index (χ2v) is 3.65. The van der Waals surface area contributed by atoms with Crippen LogP contribution in [0.5, 0.6) is 0 Å². The molecule has 0 aliphatic rings. The Kier molecular flexibility index (Phi) is 3.01. The van der Waals surface area contributed by atoms with Gasteiger partial charge in [0.05, 0.1) is 0 Å². The van der Waals surface area contributed by atoms with E-state index in [0.717, 1.165) is 22.7 Å². The number of nitrogens with zero attached hydrogens (tertiary/aromatic N) is 3. The molecule has 0 fully saturated rings. The van der Waals surface area contributed by atoms with Crippen LogP contribution in [0, 0.1) is 0 Å². The molecule has 0 radical (unpaired) electrons. The number of likely N-dealkylation sites (N-methyl/N-ethyl adjacent to an activating group) is 1. The number of nitrogens with one attached hydrogen (secondary N) is 1. The molecule has 2 aromatic heterocycles. The van der Waals surface area contributed by atoms with Gasteiger partial charge in [-0.3, -0.25) is 0 Å². The van der Waals surface area contributed by atoms with Crippen molar-refractivity contribution in [2.75, 3.05) is 13.6 Å². The monoisotopic (exact) mass is 244 g/mol. The Morgan fingerprint density at radius 3 is 2.82 bits per heavy atom. The fourth-order valence-electron chi connectivity index (χ4n) is 1.45. The van der Waals surface area contributed by atoms with Crippen LogP contribution in [0.4, 0.5) is 13.2 Å². The van der Waals surface area contributed by atoms with Gasteiger partial charge in [0, 0.05) is 18.5 Å². The summed E-state index contributed by atoms with van der Waals surface area (Å²) in [4.78, 5) is 3.94. The van der Waals surface area contributed by atoms with E-state index in [0.29, 0.717) is 6.42 Å². The highest BCUT2D eigenvalue weighted by molar-refractivity contribution is 5.40. The molecule has 0 aliphatic heterocycles. The standard InChI is InChI=1S/C10H11F3N4/c1-14-3-2-7-5-15-9-4-8(10(11,12)13)16-17(9)6-7/h4-6,14H,2-3H2,1H3. The molecule has 2 aromatic rings. The fraction of sp³-hybridized carbons (Fsp3) is 0.400. The van der Waals surface area contributed by atoms with Gasteiger partial charge in [0.1, 0.15) is 0 Å². The van der Waals surface area contributed by atoms with Crippen molar-refractivity contribution in [1.29, 1.82) is 0 Å². The van der Waals surface area contributed by atoms with Gasteiger partial charge in [0.25, 0.3) is 0 Å². The van der Waals surface area contributed by atoms with E-state index in [1.54, 1.807) is 12.4 Å². The fourth-order valence-corrected chi connectivity index (χ4v) is 1.45. The molecule has 2 rings (SSSR count). The highest BCUT2D eigenvalue weighted by Crippen LogP contribution is 2.28. The van der Waals surface area contributed by atoms with Crippen molar-refractivity contribution < 1.29 is 13.2 Å². The molecule has 17 heavy (non-hydrogen) atoms. The SMILES string of the molecule is CNCCc1cnc2cc(C(F)(F)F)nn2c1. The molecule has 0 saturated heterocycles. The second kappa shape index (κ2) is 4.33. The van der Waals surface area contributed by atoms with Gasteiger partial charge in [0.15, 0.2) is 11.3 Å². The zero-order valence-electron chi connectivity index (χ0n) is 9.12. The minimum Gasteiger partial charge on any atom is -0.319 e. The normalized spacial score (nSPS) is 12.2. The average Bonchev–Trinajstić information content (AvgIpc) is 2.68. The maximum atomic E-state index is 12.4. The second-order valence-electron chi connectivity index (χ2n) is 3.65. The van der Waals surface area contributed by atoms with Gasteiger partial charge < -0.3 is 5.32 Å². The van der Waals surface area contributed by atoms with Crippen molar-refractivity contribution in [2.45, 2.75) is 12.6 Å². The van der Waals surface area contributed by atoms with E-state index in [1.165, 1.54) is 0 Å². The van der Waals surface area contributed by atoms with Crippen LogP contribution < -0.4 is 5.32 Å². The summed E-state index contributed by atoms with van der Waals surface area (Å²) >= 11 is 0. The molecule has 0 aliphatic carbocycles. The van der Waals surface area contributed by atoms with Crippen LogP contribution in [-0.4, -0.2) is 28.2 Å². The Morgan fingerprint density at radius 2 is 2.18 bits per heavy atom. The van der Waals surface area contributed by atoms with Crippen LogP contribution in [0.25, 0.3) is 5.65 Å². The molecule has 0 unspecified atom stereocenters. The number of halogens is 3. The quantitative estimate of drug-likeness (QED) is 0.889. The lowest BCUT2D eigenvalue weighted by Gasteiger charge is -2.00. The molecule has 92 valence electrons. The van der Waals surface area contributed by atoms with E-state index in [9.17, 15) is 13.2 Å². The van der Waals surface area contributed by atoms with Gasteiger partial charge in [-0.25, -0.2) is 9.50 Å². The molecule has 7 heteroatoms. The molecule has 0 aromatic carbocycles. The van der Waals surface area contributed by atoms with Crippen molar-refractivity contribution in [3.05, 3.63) is 29.7 Å². The number of alkyl halides is 3. The van der Waals surface area contributed by atoms with E-state index in [2.05, 4.69) is 15.4 Å². The molecule has 2 heterocycles. The van der Waals surface area contributed by atoms with Gasteiger partial charge in [-0.15, -0.1) is 0 Å². The zero-order chi connectivity index (χ0) is 12.5. The summed E-state index contributed by atoms with van der Waals surface area (Å²) in [6.07, 6.45) is -0.608. The third-order valence-corrected chi connectivity index (χ3v) is 2.32. The third-order valence-electron chi connectivity index (χ3n) is 2.32. The van der Waals surface area contributed by atoms with Crippen LogP contribution >= 0.6 is 0 Å². The van der Waals surface area contributed by atoms with Crippen LogP contribution in [0.3, 0.4) is 0 Å². The highest BCUT2D eigenvalue weighted by atomic mass is 19.4. The van der Waals surface area contributed by atoms with E-state index < -0.39 is 11.9 Å². The van der Waals surface area contributed by atoms with Crippen LogP contribution in [0.1, 0.15) is 11.3 Å². The lowest BCUT2D eigenvalue weighted by atomic mass is 10.2. The predicted molar refractivity (Wildman–Crippen MR) is 55.6 cm³/mol. The van der Waals surface area contributed by atoms with Gasteiger partial charge in [-0.2, -0.15) is 18.3 Å². The van der Waals surface area contributed by atoms with Crippen molar-refractivity contribution in [3.8, 4) is 0 Å². The Balaban J connectivity index is 2.34. The van der Waals surface area contributed by atoms with Crippen molar-refractivity contribution in [2.24, 2.45) is 0 Å². The summed E-state index contributed by atoms with van der Waals surface area (Å²) in [5, 5.41) is 6.42. The molecule has 0 atom stereocenters. The van der Waals surface area contributed by atoms with Gasteiger partial charge in [0.2, 0.25) is 0 Å². The first kappa shape index (κ1) is 11.8. The van der Waals surface area contributed by atoms with Gasteiger partial charge in [-0.05, 0) is 25.6 Å². The lowest BCUT2D eigenvalue weighted by molar-refractivity contribution is -0.141. The molecule has 4 nitrogen and oxygen atoms in total. The number of hydrogen-bond donors (Lipinski definition) is 1. The van der Waals surface area contributed by atoms with Crippen molar-refractivity contribution in [3.63, 3.8) is 0 Å². The average molecular weight is 244 g/mol. The topological polar surface area (TPSA) is 42.2 Å². The Labute approximate surface area is 95.5 Å². The maximum absolute atomic E-state index is 12.4. The molecule has 0 spiro atoms. The van der Waals surface area contributed by atoms with E-state index in [4.69, 9.17) is 0 Å². The van der Waals surface area contributed by atoms with Gasteiger partial charge >= 0.3 is 6.18 Å². The molecule has 0 bridgehead atoms. The van der Waals surface area contributed by atoms with Gasteiger partial charge in [-0.1, -0.05) is 0 Å². The first-order valence-corrected chi connectivity index (χ1v) is 5.07. The molecular weight excluding hydrogens is 233 g/mol. The van der Waals surface area contributed by atoms with Crippen molar-refractivity contribution in [1.82, 2.24) is 19.9 Å². The summed E-state index contributed by atoms with van der Waals surface area (Å²) in [5.41, 5.74) is 0.116. The van der Waals surface area contributed by atoms with Crippen molar-refractivity contribution >= 4 is 5.65 Å². The smallest absolute Gasteiger partial charge is 0.319 e. The molecule has 0 amide bonds. The summed E-state index contributed by atoms with van der Waals surface area (Å²) in [7, 11) is 1.81. The number of rotatable bonds is 3. The van der Waals surface area contributed by atoms with Crippen LogP contribution in [-0.2, 0) is 12.6 Å². The number of fused-ring (bicyclic) bond motifs is 1. The largest absolute Gasteiger partial charge is 0.435 e. The molecule has 1 N–H and O–H groups in total. The van der Waals surface area contributed by atoms with Crippen LogP contribution in [0.15, 0.2) is 18.5 Å². The minimum absolute atomic E-state index is 0.200. The highest BCUT2D eigenvalue weighted by Gasteiger charge is 2.34. The summed E-state index contributed by atoms with van der Waals surface area (Å²) in [6, 6.07) is 0.932. The van der Waals surface area contributed by atoms with E-state index in [1.807, 2.05) is 7.05 Å². The third kappa shape index (κ3) is 2.55. The predicted octanol–water partition coefficient (Wildman–Crippen LogP) is 1.51. The van der Waals surface area contributed by atoms with E-state index >= 15 is 0 Å². The number of hydrogen-bond acceptors (Lipinski definition) is 3. The molecular formula is C10H11F3N4. The molecule has 0 saturated carbocycles.